The van der Waals surface area contributed by atoms with Gasteiger partial charge in [0.2, 0.25) is 11.8 Å². The summed E-state index contributed by atoms with van der Waals surface area (Å²) in [6.07, 6.45) is 1.01. The molecule has 0 bridgehead atoms. The van der Waals surface area contributed by atoms with E-state index in [0.717, 1.165) is 21.5 Å². The zero-order valence-electron chi connectivity index (χ0n) is 13.5. The van der Waals surface area contributed by atoms with E-state index >= 15 is 0 Å². The minimum absolute atomic E-state index is 0.0503. The summed E-state index contributed by atoms with van der Waals surface area (Å²) in [5, 5.41) is 6.75. The second-order valence-electron chi connectivity index (χ2n) is 5.56. The van der Waals surface area contributed by atoms with E-state index in [1.165, 1.54) is 18.3 Å². The fraction of sp³-hybridized carbons (Fsp3) is 0.167. The Hall–Kier alpha value is -2.44. The first-order chi connectivity index (χ1) is 12.0. The summed E-state index contributed by atoms with van der Waals surface area (Å²) in [6, 6.07) is 12.9. The van der Waals surface area contributed by atoms with Crippen molar-refractivity contribution in [2.24, 2.45) is 0 Å². The summed E-state index contributed by atoms with van der Waals surface area (Å²) in [5.74, 6) is -0.191. The maximum absolute atomic E-state index is 12.1. The van der Waals surface area contributed by atoms with Gasteiger partial charge < -0.3 is 10.6 Å². The SMILES string of the molecule is CC(=O)Nc1nc2ccc(CCC(=O)Nc3ccc(Cl)cc3)cc2s1. The fourth-order valence-corrected chi connectivity index (χ4v) is 3.44. The van der Waals surface area contributed by atoms with E-state index < -0.39 is 0 Å². The van der Waals surface area contributed by atoms with E-state index in [1.807, 2.05) is 18.2 Å². The molecule has 0 saturated heterocycles. The Balaban J connectivity index is 1.61. The van der Waals surface area contributed by atoms with Gasteiger partial charge in [-0.25, -0.2) is 4.98 Å². The van der Waals surface area contributed by atoms with Gasteiger partial charge in [0.1, 0.15) is 0 Å². The molecule has 2 aromatic carbocycles. The minimum atomic E-state index is -0.141. The largest absolute Gasteiger partial charge is 0.326 e. The number of anilines is 2. The van der Waals surface area contributed by atoms with Crippen LogP contribution in [-0.4, -0.2) is 16.8 Å². The van der Waals surface area contributed by atoms with Crippen molar-refractivity contribution in [1.29, 1.82) is 0 Å². The lowest BCUT2D eigenvalue weighted by Gasteiger charge is -2.05. The number of fused-ring (bicyclic) bond motifs is 1. The second-order valence-corrected chi connectivity index (χ2v) is 7.02. The molecule has 0 unspecified atom stereocenters. The predicted octanol–water partition coefficient (Wildman–Crippen LogP) is 4.48. The molecular weight excluding hydrogens is 358 g/mol. The van der Waals surface area contributed by atoms with Crippen molar-refractivity contribution in [2.45, 2.75) is 19.8 Å². The summed E-state index contributed by atoms with van der Waals surface area (Å²) >= 11 is 7.25. The van der Waals surface area contributed by atoms with Crippen molar-refractivity contribution in [3.05, 3.63) is 53.1 Å². The van der Waals surface area contributed by atoms with E-state index in [0.29, 0.717) is 23.0 Å². The molecule has 0 saturated carbocycles. The van der Waals surface area contributed by atoms with Crippen LogP contribution in [0.1, 0.15) is 18.9 Å². The van der Waals surface area contributed by atoms with Gasteiger partial charge in [-0.1, -0.05) is 29.0 Å². The predicted molar refractivity (Wildman–Crippen MR) is 102 cm³/mol. The van der Waals surface area contributed by atoms with Gasteiger partial charge in [0, 0.05) is 24.1 Å². The fourth-order valence-electron chi connectivity index (χ4n) is 2.34. The molecule has 5 nitrogen and oxygen atoms in total. The zero-order chi connectivity index (χ0) is 17.8. The third-order valence-electron chi connectivity index (χ3n) is 3.50. The van der Waals surface area contributed by atoms with Gasteiger partial charge in [0.05, 0.1) is 10.2 Å². The highest BCUT2D eigenvalue weighted by Gasteiger charge is 2.08. The molecule has 128 valence electrons. The number of thiazole rings is 1. The Bertz CT molecular complexity index is 922. The molecule has 1 aromatic heterocycles. The van der Waals surface area contributed by atoms with Crippen LogP contribution in [0, 0.1) is 0 Å². The van der Waals surface area contributed by atoms with Crippen LogP contribution < -0.4 is 10.6 Å². The maximum Gasteiger partial charge on any atom is 0.224 e. The molecule has 2 amide bonds. The van der Waals surface area contributed by atoms with Crippen LogP contribution in [0.3, 0.4) is 0 Å². The molecule has 0 spiro atoms. The number of carbonyl (C=O) groups is 2. The van der Waals surface area contributed by atoms with E-state index in [2.05, 4.69) is 15.6 Å². The lowest BCUT2D eigenvalue weighted by molar-refractivity contribution is -0.116. The minimum Gasteiger partial charge on any atom is -0.326 e. The van der Waals surface area contributed by atoms with Crippen molar-refractivity contribution in [3.8, 4) is 0 Å². The Labute approximate surface area is 154 Å². The number of amides is 2. The highest BCUT2D eigenvalue weighted by atomic mass is 35.5. The van der Waals surface area contributed by atoms with Crippen LogP contribution in [0.2, 0.25) is 5.02 Å². The van der Waals surface area contributed by atoms with E-state index in [9.17, 15) is 9.59 Å². The highest BCUT2D eigenvalue weighted by molar-refractivity contribution is 7.22. The third-order valence-corrected chi connectivity index (χ3v) is 4.69. The molecule has 0 aliphatic carbocycles. The van der Waals surface area contributed by atoms with Crippen LogP contribution >= 0.6 is 22.9 Å². The number of hydrogen-bond donors (Lipinski definition) is 2. The molecule has 0 radical (unpaired) electrons. The zero-order valence-corrected chi connectivity index (χ0v) is 15.1. The molecule has 0 atom stereocenters. The number of halogens is 1. The molecule has 0 fully saturated rings. The van der Waals surface area contributed by atoms with Crippen LogP contribution in [0.15, 0.2) is 42.5 Å². The van der Waals surface area contributed by atoms with Gasteiger partial charge in [0.25, 0.3) is 0 Å². The first kappa shape index (κ1) is 17.4. The topological polar surface area (TPSA) is 71.1 Å². The maximum atomic E-state index is 12.1. The molecule has 0 aliphatic rings. The lowest BCUT2D eigenvalue weighted by Crippen LogP contribution is -2.12. The van der Waals surface area contributed by atoms with Gasteiger partial charge in [-0.2, -0.15) is 0 Å². The molecular formula is C18H16ClN3O2S. The van der Waals surface area contributed by atoms with Crippen molar-refractivity contribution in [1.82, 2.24) is 4.98 Å². The summed E-state index contributed by atoms with van der Waals surface area (Å²) < 4.78 is 0.986. The van der Waals surface area contributed by atoms with Gasteiger partial charge in [-0.05, 0) is 48.4 Å². The number of benzene rings is 2. The standard InChI is InChI=1S/C18H16ClN3O2S/c1-11(23)20-18-22-15-8-2-12(10-16(15)25-18)3-9-17(24)21-14-6-4-13(19)5-7-14/h2,4-8,10H,3,9H2,1H3,(H,21,24)(H,20,22,23). The molecule has 25 heavy (non-hydrogen) atoms. The smallest absolute Gasteiger partial charge is 0.224 e. The number of hydrogen-bond acceptors (Lipinski definition) is 4. The number of nitrogens with zero attached hydrogens (tertiary/aromatic N) is 1. The Morgan fingerprint density at radius 3 is 2.60 bits per heavy atom. The monoisotopic (exact) mass is 373 g/mol. The quantitative estimate of drug-likeness (QED) is 0.692. The normalized spacial score (nSPS) is 10.6. The first-order valence-electron chi connectivity index (χ1n) is 7.72. The van der Waals surface area contributed by atoms with Crippen LogP contribution in [0.5, 0.6) is 0 Å². The number of nitrogens with one attached hydrogen (secondary N) is 2. The summed E-state index contributed by atoms with van der Waals surface area (Å²) in [7, 11) is 0. The first-order valence-corrected chi connectivity index (χ1v) is 8.91. The van der Waals surface area contributed by atoms with Crippen LogP contribution in [0.25, 0.3) is 10.2 Å². The average Bonchev–Trinajstić information content (AvgIpc) is 2.95. The second kappa shape index (κ2) is 7.63. The number of carbonyl (C=O) groups excluding carboxylic acids is 2. The van der Waals surface area contributed by atoms with Crippen LogP contribution in [0.4, 0.5) is 10.8 Å². The van der Waals surface area contributed by atoms with E-state index in [1.54, 1.807) is 24.3 Å². The number of aromatic nitrogens is 1. The summed E-state index contributed by atoms with van der Waals surface area (Å²) in [6.45, 7) is 1.46. The Morgan fingerprint density at radius 2 is 1.88 bits per heavy atom. The summed E-state index contributed by atoms with van der Waals surface area (Å²) in [4.78, 5) is 27.5. The van der Waals surface area contributed by atoms with Gasteiger partial charge in [-0.3, -0.25) is 9.59 Å². The average molecular weight is 374 g/mol. The Morgan fingerprint density at radius 1 is 1.12 bits per heavy atom. The molecule has 7 heteroatoms. The molecule has 3 rings (SSSR count). The van der Waals surface area contributed by atoms with Gasteiger partial charge >= 0.3 is 0 Å². The van der Waals surface area contributed by atoms with Crippen LogP contribution in [-0.2, 0) is 16.0 Å². The molecule has 3 aromatic rings. The molecule has 1 heterocycles. The van der Waals surface area contributed by atoms with Crippen molar-refractivity contribution in [3.63, 3.8) is 0 Å². The van der Waals surface area contributed by atoms with Crippen molar-refractivity contribution >= 4 is 55.8 Å². The molecule has 2 N–H and O–H groups in total. The van der Waals surface area contributed by atoms with Crippen molar-refractivity contribution < 1.29 is 9.59 Å². The highest BCUT2D eigenvalue weighted by Crippen LogP contribution is 2.27. The van der Waals surface area contributed by atoms with E-state index in [-0.39, 0.29) is 11.8 Å². The van der Waals surface area contributed by atoms with Gasteiger partial charge in [-0.15, -0.1) is 0 Å². The van der Waals surface area contributed by atoms with Gasteiger partial charge in [0.15, 0.2) is 5.13 Å². The number of aryl methyl sites for hydroxylation is 1. The molecule has 0 aliphatic heterocycles. The van der Waals surface area contributed by atoms with E-state index in [4.69, 9.17) is 11.6 Å². The Kier molecular flexibility index (Phi) is 5.31. The lowest BCUT2D eigenvalue weighted by atomic mass is 10.1. The number of rotatable bonds is 5. The summed E-state index contributed by atoms with van der Waals surface area (Å²) in [5.41, 5.74) is 2.62. The third kappa shape index (κ3) is 4.78. The van der Waals surface area contributed by atoms with Crippen molar-refractivity contribution in [2.75, 3.05) is 10.6 Å².